The number of thiazole rings is 2. The minimum Gasteiger partial charge on any atom is -0.454 e. The van der Waals surface area contributed by atoms with Crippen LogP contribution in [0.1, 0.15) is 0 Å². The summed E-state index contributed by atoms with van der Waals surface area (Å²) in [6, 6.07) is 11.9. The minimum atomic E-state index is 0.848. The second-order valence-electron chi connectivity index (χ2n) is 4.02. The zero-order valence-corrected chi connectivity index (χ0v) is 11.4. The fourth-order valence-electron chi connectivity index (χ4n) is 2.00. The van der Waals surface area contributed by atoms with Crippen LogP contribution >= 0.6 is 22.7 Å². The molecule has 3 nitrogen and oxygen atoms in total. The number of benzene rings is 2. The molecule has 0 saturated carbocycles. The third-order valence-corrected chi connectivity index (χ3v) is 4.57. The van der Waals surface area contributed by atoms with Crippen molar-refractivity contribution in [2.45, 2.75) is 0 Å². The topological polar surface area (TPSA) is 35.0 Å². The smallest absolute Gasteiger partial charge is 0.146 e. The van der Waals surface area contributed by atoms with Crippen LogP contribution in [-0.2, 0) is 0 Å². The van der Waals surface area contributed by atoms with Crippen molar-refractivity contribution in [3.63, 3.8) is 0 Å². The highest BCUT2D eigenvalue weighted by molar-refractivity contribution is 7.17. The highest BCUT2D eigenvalue weighted by atomic mass is 32.1. The lowest BCUT2D eigenvalue weighted by Crippen LogP contribution is -1.84. The Morgan fingerprint density at radius 1 is 0.737 bits per heavy atom. The standard InChI is InChI=1S/C14H8N2OS2/c1-3-9-13(18-7-15-9)11(5-1)17-12-6-2-4-10-14(12)19-8-16-10/h1-8H. The van der Waals surface area contributed by atoms with Crippen LogP contribution in [0.25, 0.3) is 20.4 Å². The van der Waals surface area contributed by atoms with E-state index in [0.717, 1.165) is 31.9 Å². The van der Waals surface area contributed by atoms with Gasteiger partial charge in [-0.25, -0.2) is 9.97 Å². The fraction of sp³-hybridized carbons (Fsp3) is 0. The van der Waals surface area contributed by atoms with Crippen molar-refractivity contribution in [1.82, 2.24) is 9.97 Å². The number of rotatable bonds is 2. The Hall–Kier alpha value is -1.98. The van der Waals surface area contributed by atoms with E-state index in [-0.39, 0.29) is 0 Å². The van der Waals surface area contributed by atoms with E-state index in [1.54, 1.807) is 22.7 Å². The molecule has 19 heavy (non-hydrogen) atoms. The monoisotopic (exact) mass is 284 g/mol. The van der Waals surface area contributed by atoms with Crippen molar-refractivity contribution in [3.8, 4) is 11.5 Å². The second-order valence-corrected chi connectivity index (χ2v) is 5.73. The molecule has 4 rings (SSSR count). The number of hydrogen-bond acceptors (Lipinski definition) is 5. The first-order chi connectivity index (χ1) is 9.42. The van der Waals surface area contributed by atoms with Crippen LogP contribution < -0.4 is 4.74 Å². The average molecular weight is 284 g/mol. The Bertz CT molecular complexity index is 794. The Morgan fingerprint density at radius 3 is 1.79 bits per heavy atom. The number of fused-ring (bicyclic) bond motifs is 2. The molecule has 0 aliphatic rings. The summed E-state index contributed by atoms with van der Waals surface area (Å²) in [7, 11) is 0. The molecular formula is C14H8N2OS2. The molecule has 0 saturated heterocycles. The first-order valence-corrected chi connectivity index (χ1v) is 7.50. The predicted octanol–water partition coefficient (Wildman–Crippen LogP) is 4.70. The third kappa shape index (κ3) is 1.78. The molecule has 0 bridgehead atoms. The van der Waals surface area contributed by atoms with E-state index in [1.165, 1.54) is 0 Å². The Morgan fingerprint density at radius 2 is 1.26 bits per heavy atom. The van der Waals surface area contributed by atoms with Crippen molar-refractivity contribution in [2.75, 3.05) is 0 Å². The van der Waals surface area contributed by atoms with Gasteiger partial charge in [-0.05, 0) is 24.3 Å². The van der Waals surface area contributed by atoms with Crippen LogP contribution in [0.5, 0.6) is 11.5 Å². The number of ether oxygens (including phenoxy) is 1. The minimum absolute atomic E-state index is 0.848. The molecule has 0 radical (unpaired) electrons. The van der Waals surface area contributed by atoms with Crippen LogP contribution in [0.15, 0.2) is 47.4 Å². The van der Waals surface area contributed by atoms with Crippen LogP contribution in [0, 0.1) is 0 Å². The fourth-order valence-corrected chi connectivity index (χ4v) is 3.48. The molecule has 0 aliphatic heterocycles. The summed E-state index contributed by atoms with van der Waals surface area (Å²) in [5.74, 6) is 1.70. The van der Waals surface area contributed by atoms with Crippen molar-refractivity contribution in [3.05, 3.63) is 47.4 Å². The molecule has 0 spiro atoms. The number of hydrogen-bond donors (Lipinski definition) is 0. The van der Waals surface area contributed by atoms with Gasteiger partial charge in [0.1, 0.15) is 11.5 Å². The summed E-state index contributed by atoms with van der Waals surface area (Å²) in [4.78, 5) is 8.60. The molecule has 2 aromatic carbocycles. The van der Waals surface area contributed by atoms with Gasteiger partial charge in [0.25, 0.3) is 0 Å². The highest BCUT2D eigenvalue weighted by Crippen LogP contribution is 2.36. The summed E-state index contributed by atoms with van der Waals surface area (Å²) >= 11 is 3.18. The molecule has 0 unspecified atom stereocenters. The summed E-state index contributed by atoms with van der Waals surface area (Å²) in [6.07, 6.45) is 0. The summed E-state index contributed by atoms with van der Waals surface area (Å²) in [5.41, 5.74) is 5.62. The Kier molecular flexibility index (Phi) is 2.46. The lowest BCUT2D eigenvalue weighted by Gasteiger charge is -2.06. The number of nitrogens with zero attached hydrogens (tertiary/aromatic N) is 2. The lowest BCUT2D eigenvalue weighted by molar-refractivity contribution is 0.495. The molecule has 0 aliphatic carbocycles. The van der Waals surface area contributed by atoms with Gasteiger partial charge in [-0.2, -0.15) is 0 Å². The maximum absolute atomic E-state index is 6.06. The maximum atomic E-state index is 6.06. The van der Waals surface area contributed by atoms with E-state index in [4.69, 9.17) is 4.74 Å². The van der Waals surface area contributed by atoms with E-state index in [9.17, 15) is 0 Å². The van der Waals surface area contributed by atoms with Crippen molar-refractivity contribution >= 4 is 43.1 Å². The third-order valence-electron chi connectivity index (χ3n) is 2.86. The molecule has 0 atom stereocenters. The van der Waals surface area contributed by atoms with Gasteiger partial charge >= 0.3 is 0 Å². The Labute approximate surface area is 117 Å². The van der Waals surface area contributed by atoms with Gasteiger partial charge in [0, 0.05) is 0 Å². The molecule has 5 heteroatoms. The molecule has 0 amide bonds. The first-order valence-electron chi connectivity index (χ1n) is 5.74. The summed E-state index contributed by atoms with van der Waals surface area (Å²) in [5, 5.41) is 0. The van der Waals surface area contributed by atoms with Crippen molar-refractivity contribution in [2.24, 2.45) is 0 Å². The van der Waals surface area contributed by atoms with E-state index in [2.05, 4.69) is 9.97 Å². The van der Waals surface area contributed by atoms with Gasteiger partial charge in [-0.15, -0.1) is 22.7 Å². The molecule has 0 N–H and O–H groups in total. The van der Waals surface area contributed by atoms with E-state index < -0.39 is 0 Å². The van der Waals surface area contributed by atoms with Gasteiger partial charge in [-0.3, -0.25) is 0 Å². The van der Waals surface area contributed by atoms with E-state index >= 15 is 0 Å². The predicted molar refractivity (Wildman–Crippen MR) is 79.3 cm³/mol. The average Bonchev–Trinajstić information content (AvgIpc) is 3.08. The van der Waals surface area contributed by atoms with Crippen LogP contribution in [0.2, 0.25) is 0 Å². The molecule has 2 heterocycles. The zero-order chi connectivity index (χ0) is 12.7. The maximum Gasteiger partial charge on any atom is 0.146 e. The van der Waals surface area contributed by atoms with Crippen LogP contribution in [0.4, 0.5) is 0 Å². The lowest BCUT2D eigenvalue weighted by atomic mass is 10.3. The van der Waals surface area contributed by atoms with Crippen molar-refractivity contribution in [1.29, 1.82) is 0 Å². The second kappa shape index (κ2) is 4.29. The SMILES string of the molecule is c1cc(Oc2cccc3ncsc23)c2scnc2c1. The van der Waals surface area contributed by atoms with Gasteiger partial charge < -0.3 is 4.74 Å². The summed E-state index contributed by atoms with van der Waals surface area (Å²) in [6.45, 7) is 0. The molecule has 92 valence electrons. The molecule has 0 fully saturated rings. The zero-order valence-electron chi connectivity index (χ0n) is 9.74. The molecular weight excluding hydrogens is 276 g/mol. The van der Waals surface area contributed by atoms with E-state index in [1.807, 2.05) is 47.4 Å². The van der Waals surface area contributed by atoms with Crippen LogP contribution in [-0.4, -0.2) is 9.97 Å². The van der Waals surface area contributed by atoms with Gasteiger partial charge in [0.2, 0.25) is 0 Å². The first kappa shape index (κ1) is 10.9. The normalized spacial score (nSPS) is 11.2. The Balaban J connectivity index is 1.86. The van der Waals surface area contributed by atoms with Gasteiger partial charge in [0.15, 0.2) is 0 Å². The number of aromatic nitrogens is 2. The quantitative estimate of drug-likeness (QED) is 0.535. The van der Waals surface area contributed by atoms with Gasteiger partial charge in [0.05, 0.1) is 31.5 Å². The molecule has 4 aromatic rings. The largest absolute Gasteiger partial charge is 0.454 e. The van der Waals surface area contributed by atoms with Crippen molar-refractivity contribution < 1.29 is 4.74 Å². The summed E-state index contributed by atoms with van der Waals surface area (Å²) < 4.78 is 8.21. The highest BCUT2D eigenvalue weighted by Gasteiger charge is 2.09. The van der Waals surface area contributed by atoms with Crippen LogP contribution in [0.3, 0.4) is 0 Å². The van der Waals surface area contributed by atoms with E-state index in [0.29, 0.717) is 0 Å². The van der Waals surface area contributed by atoms with Gasteiger partial charge in [-0.1, -0.05) is 12.1 Å². The molecule has 2 aromatic heterocycles.